The van der Waals surface area contributed by atoms with Crippen molar-refractivity contribution in [2.75, 3.05) is 6.61 Å². The van der Waals surface area contributed by atoms with Crippen LogP contribution in [0.15, 0.2) is 34.9 Å². The molecule has 1 fully saturated rings. The highest BCUT2D eigenvalue weighted by Gasteiger charge is 2.33. The predicted molar refractivity (Wildman–Crippen MR) is 90.3 cm³/mol. The summed E-state index contributed by atoms with van der Waals surface area (Å²) in [7, 11) is 0. The number of nitrogens with one attached hydrogen (secondary N) is 1. The monoisotopic (exact) mass is 328 g/mol. The summed E-state index contributed by atoms with van der Waals surface area (Å²) in [4.78, 5) is 12.6. The van der Waals surface area contributed by atoms with E-state index in [0.29, 0.717) is 18.9 Å². The molecule has 1 saturated heterocycles. The van der Waals surface area contributed by atoms with E-state index < -0.39 is 0 Å². The van der Waals surface area contributed by atoms with Crippen molar-refractivity contribution >= 4 is 5.91 Å². The van der Waals surface area contributed by atoms with Gasteiger partial charge in [-0.15, -0.1) is 0 Å². The van der Waals surface area contributed by atoms with Gasteiger partial charge in [0.25, 0.3) is 0 Å². The molecule has 1 aliphatic heterocycles. The van der Waals surface area contributed by atoms with Crippen LogP contribution < -0.4 is 5.32 Å². The standard InChI is InChI=1S/C19H24N2O3/c1-3-15-11-16(24-21-15)12-20-19(22)17-5-4-10-23-18(17)14-8-6-13(2)7-9-14/h6-9,11,17-18H,3-5,10,12H2,1-2H3,(H,20,22)/t17-,18+/m1/s1. The Labute approximate surface area is 142 Å². The number of hydrogen-bond donors (Lipinski definition) is 1. The number of ether oxygens (including phenoxy) is 1. The minimum Gasteiger partial charge on any atom is -0.373 e. The number of carbonyl (C=O) groups excluding carboxylic acids is 1. The molecule has 5 nitrogen and oxygen atoms in total. The van der Waals surface area contributed by atoms with Crippen molar-refractivity contribution in [1.82, 2.24) is 10.5 Å². The van der Waals surface area contributed by atoms with E-state index in [1.54, 1.807) is 0 Å². The van der Waals surface area contributed by atoms with Crippen LogP contribution in [0.4, 0.5) is 0 Å². The predicted octanol–water partition coefficient (Wildman–Crippen LogP) is 3.33. The van der Waals surface area contributed by atoms with E-state index in [1.165, 1.54) is 5.56 Å². The van der Waals surface area contributed by atoms with Gasteiger partial charge in [0.2, 0.25) is 5.91 Å². The lowest BCUT2D eigenvalue weighted by atomic mass is 9.88. The number of carbonyl (C=O) groups is 1. The molecule has 0 spiro atoms. The van der Waals surface area contributed by atoms with E-state index in [4.69, 9.17) is 9.26 Å². The number of rotatable bonds is 5. The Balaban J connectivity index is 1.65. The van der Waals surface area contributed by atoms with Gasteiger partial charge in [0.1, 0.15) is 0 Å². The Bertz CT molecular complexity index is 678. The largest absolute Gasteiger partial charge is 0.373 e. The second-order valence-corrected chi connectivity index (χ2v) is 6.31. The van der Waals surface area contributed by atoms with Gasteiger partial charge in [-0.3, -0.25) is 4.79 Å². The van der Waals surface area contributed by atoms with Gasteiger partial charge >= 0.3 is 0 Å². The maximum absolute atomic E-state index is 12.6. The van der Waals surface area contributed by atoms with Crippen molar-refractivity contribution in [2.45, 2.75) is 45.8 Å². The average Bonchev–Trinajstić information content (AvgIpc) is 3.08. The van der Waals surface area contributed by atoms with Crippen molar-refractivity contribution in [1.29, 1.82) is 0 Å². The van der Waals surface area contributed by atoms with Gasteiger partial charge in [0.15, 0.2) is 5.76 Å². The number of aryl methyl sites for hydroxylation is 2. The molecule has 2 heterocycles. The number of amides is 1. The smallest absolute Gasteiger partial charge is 0.226 e. The van der Waals surface area contributed by atoms with Crippen LogP contribution in [0.1, 0.15) is 48.5 Å². The van der Waals surface area contributed by atoms with Gasteiger partial charge in [0.05, 0.1) is 24.3 Å². The lowest BCUT2D eigenvalue weighted by molar-refractivity contribution is -0.135. The molecule has 0 unspecified atom stereocenters. The van der Waals surface area contributed by atoms with Crippen molar-refractivity contribution in [3.05, 3.63) is 52.9 Å². The summed E-state index contributed by atoms with van der Waals surface area (Å²) in [6, 6.07) is 10.1. The molecule has 0 saturated carbocycles. The first-order chi connectivity index (χ1) is 11.7. The second kappa shape index (κ2) is 7.62. The van der Waals surface area contributed by atoms with Crippen LogP contribution in [0.25, 0.3) is 0 Å². The molecule has 1 aliphatic rings. The third-order valence-electron chi connectivity index (χ3n) is 4.47. The summed E-state index contributed by atoms with van der Waals surface area (Å²) >= 11 is 0. The summed E-state index contributed by atoms with van der Waals surface area (Å²) in [5, 5.41) is 6.91. The molecule has 1 N–H and O–H groups in total. The molecule has 0 radical (unpaired) electrons. The fourth-order valence-electron chi connectivity index (χ4n) is 3.05. The van der Waals surface area contributed by atoms with Gasteiger partial charge in [0, 0.05) is 12.7 Å². The van der Waals surface area contributed by atoms with E-state index in [1.807, 2.05) is 13.0 Å². The summed E-state index contributed by atoms with van der Waals surface area (Å²) in [5.41, 5.74) is 3.17. The van der Waals surface area contributed by atoms with Crippen LogP contribution in [0.3, 0.4) is 0 Å². The molecule has 24 heavy (non-hydrogen) atoms. The normalized spacial score (nSPS) is 20.8. The number of hydrogen-bond acceptors (Lipinski definition) is 4. The molecule has 5 heteroatoms. The molecule has 1 amide bonds. The van der Waals surface area contributed by atoms with E-state index in [2.05, 4.69) is 41.7 Å². The van der Waals surface area contributed by atoms with Crippen LogP contribution in [-0.4, -0.2) is 17.7 Å². The van der Waals surface area contributed by atoms with Gasteiger partial charge in [-0.1, -0.05) is 41.9 Å². The van der Waals surface area contributed by atoms with Gasteiger partial charge in [-0.2, -0.15) is 0 Å². The van der Waals surface area contributed by atoms with E-state index in [0.717, 1.165) is 30.5 Å². The fourth-order valence-corrected chi connectivity index (χ4v) is 3.05. The molecule has 3 rings (SSSR count). The van der Waals surface area contributed by atoms with Gasteiger partial charge in [-0.05, 0) is 31.7 Å². The molecule has 0 bridgehead atoms. The Hall–Kier alpha value is -2.14. The minimum absolute atomic E-state index is 0.00900. The molecular formula is C19H24N2O3. The molecule has 2 atom stereocenters. The Morgan fingerprint density at radius 3 is 2.83 bits per heavy atom. The van der Waals surface area contributed by atoms with Crippen LogP contribution in [0, 0.1) is 12.8 Å². The van der Waals surface area contributed by atoms with E-state index in [9.17, 15) is 4.79 Å². The summed E-state index contributed by atoms with van der Waals surface area (Å²) in [5.74, 6) is 0.522. The molecule has 1 aromatic heterocycles. The molecular weight excluding hydrogens is 304 g/mol. The average molecular weight is 328 g/mol. The first kappa shape index (κ1) is 16.7. The first-order valence-corrected chi connectivity index (χ1v) is 8.57. The summed E-state index contributed by atoms with van der Waals surface area (Å²) in [6.07, 6.45) is 2.38. The number of nitrogens with zero attached hydrogens (tertiary/aromatic N) is 1. The van der Waals surface area contributed by atoms with Gasteiger partial charge < -0.3 is 14.6 Å². The zero-order valence-corrected chi connectivity index (χ0v) is 14.2. The lowest BCUT2D eigenvalue weighted by Gasteiger charge is -2.31. The van der Waals surface area contributed by atoms with Crippen molar-refractivity contribution in [3.63, 3.8) is 0 Å². The zero-order valence-electron chi connectivity index (χ0n) is 14.2. The number of aromatic nitrogens is 1. The zero-order chi connectivity index (χ0) is 16.9. The van der Waals surface area contributed by atoms with E-state index >= 15 is 0 Å². The Morgan fingerprint density at radius 2 is 2.12 bits per heavy atom. The quantitative estimate of drug-likeness (QED) is 0.914. The number of benzene rings is 1. The topological polar surface area (TPSA) is 64.4 Å². The molecule has 128 valence electrons. The summed E-state index contributed by atoms with van der Waals surface area (Å²) in [6.45, 7) is 5.14. The highest BCUT2D eigenvalue weighted by Crippen LogP contribution is 2.34. The Kier molecular flexibility index (Phi) is 5.30. The maximum atomic E-state index is 12.6. The third kappa shape index (κ3) is 3.85. The minimum atomic E-state index is -0.180. The van der Waals surface area contributed by atoms with Crippen LogP contribution >= 0.6 is 0 Å². The van der Waals surface area contributed by atoms with Gasteiger partial charge in [-0.25, -0.2) is 0 Å². The molecule has 1 aromatic carbocycles. The maximum Gasteiger partial charge on any atom is 0.226 e. The summed E-state index contributed by atoms with van der Waals surface area (Å²) < 4.78 is 11.1. The fraction of sp³-hybridized carbons (Fsp3) is 0.474. The van der Waals surface area contributed by atoms with Crippen LogP contribution in [0.5, 0.6) is 0 Å². The van der Waals surface area contributed by atoms with Crippen molar-refractivity contribution < 1.29 is 14.1 Å². The highest BCUT2D eigenvalue weighted by molar-refractivity contribution is 5.79. The second-order valence-electron chi connectivity index (χ2n) is 6.31. The van der Waals surface area contributed by atoms with Crippen molar-refractivity contribution in [3.8, 4) is 0 Å². The van der Waals surface area contributed by atoms with Crippen LogP contribution in [0.2, 0.25) is 0 Å². The van der Waals surface area contributed by atoms with Crippen molar-refractivity contribution in [2.24, 2.45) is 5.92 Å². The highest BCUT2D eigenvalue weighted by atomic mass is 16.5. The van der Waals surface area contributed by atoms with E-state index in [-0.39, 0.29) is 17.9 Å². The van der Waals surface area contributed by atoms with Crippen LogP contribution in [-0.2, 0) is 22.5 Å². The Morgan fingerprint density at radius 1 is 1.33 bits per heavy atom. The molecule has 2 aromatic rings. The SMILES string of the molecule is CCc1cc(CNC(=O)[C@@H]2CCCO[C@H]2c2ccc(C)cc2)on1. The third-order valence-corrected chi connectivity index (χ3v) is 4.47. The molecule has 0 aliphatic carbocycles. The first-order valence-electron chi connectivity index (χ1n) is 8.57. The lowest BCUT2D eigenvalue weighted by Crippen LogP contribution is -2.37.